The summed E-state index contributed by atoms with van der Waals surface area (Å²) in [6.45, 7) is 5.73. The second kappa shape index (κ2) is 7.81. The van der Waals surface area contributed by atoms with Crippen LogP contribution >= 0.6 is 27.3 Å². The summed E-state index contributed by atoms with van der Waals surface area (Å²) in [7, 11) is 0. The summed E-state index contributed by atoms with van der Waals surface area (Å²) in [6.07, 6.45) is 0. The molecule has 0 spiro atoms. The first-order chi connectivity index (χ1) is 14.3. The third-order valence-corrected chi connectivity index (χ3v) is 6.72. The maximum Gasteiger partial charge on any atom is 0.301 e. The quantitative estimate of drug-likeness (QED) is 0.305. The number of carbonyl (C=O) groups excluding carboxylic acids is 2. The van der Waals surface area contributed by atoms with Gasteiger partial charge in [-0.3, -0.25) is 14.5 Å². The Labute approximate surface area is 186 Å². The molecule has 7 heteroatoms. The molecule has 1 N–H and O–H groups in total. The number of anilines is 1. The van der Waals surface area contributed by atoms with E-state index in [0.29, 0.717) is 16.3 Å². The van der Waals surface area contributed by atoms with Crippen molar-refractivity contribution in [1.29, 1.82) is 0 Å². The lowest BCUT2D eigenvalue weighted by Crippen LogP contribution is -2.29. The lowest BCUT2D eigenvalue weighted by atomic mass is 9.95. The fourth-order valence-corrected chi connectivity index (χ4v) is 4.80. The zero-order chi connectivity index (χ0) is 21.6. The van der Waals surface area contributed by atoms with Gasteiger partial charge in [0.25, 0.3) is 5.78 Å². The highest BCUT2D eigenvalue weighted by Crippen LogP contribution is 2.44. The van der Waals surface area contributed by atoms with Crippen LogP contribution in [0.1, 0.15) is 33.3 Å². The topological polar surface area (TPSA) is 70.5 Å². The van der Waals surface area contributed by atoms with Gasteiger partial charge in [0.2, 0.25) is 0 Å². The Balaban J connectivity index is 1.96. The van der Waals surface area contributed by atoms with Gasteiger partial charge in [-0.05, 0) is 38.5 Å². The Morgan fingerprint density at radius 2 is 1.80 bits per heavy atom. The number of carbonyl (C=O) groups is 2. The van der Waals surface area contributed by atoms with Gasteiger partial charge in [-0.15, -0.1) is 11.3 Å². The Morgan fingerprint density at radius 1 is 1.10 bits per heavy atom. The number of benzene rings is 2. The van der Waals surface area contributed by atoms with Crippen molar-refractivity contribution in [3.8, 4) is 0 Å². The van der Waals surface area contributed by atoms with Crippen molar-refractivity contribution >= 4 is 49.8 Å². The summed E-state index contributed by atoms with van der Waals surface area (Å²) in [6, 6.07) is 13.8. The highest BCUT2D eigenvalue weighted by atomic mass is 79.9. The number of hydrogen-bond donors (Lipinski definition) is 1. The van der Waals surface area contributed by atoms with Gasteiger partial charge in [0.1, 0.15) is 5.76 Å². The van der Waals surface area contributed by atoms with Crippen LogP contribution in [0.4, 0.5) is 5.13 Å². The minimum absolute atomic E-state index is 0.0625. The number of Topliss-reactive ketones (excluding diaryl/α,β-unsaturated/α-hetero) is 1. The minimum atomic E-state index is -0.770. The Morgan fingerprint density at radius 3 is 2.40 bits per heavy atom. The number of nitrogens with zero attached hydrogens (tertiary/aromatic N) is 2. The van der Waals surface area contributed by atoms with Crippen LogP contribution in [0.2, 0.25) is 0 Å². The van der Waals surface area contributed by atoms with Gasteiger partial charge in [-0.1, -0.05) is 57.9 Å². The smallest absolute Gasteiger partial charge is 0.301 e. The molecule has 1 aliphatic heterocycles. The average Bonchev–Trinajstić information content (AvgIpc) is 3.18. The summed E-state index contributed by atoms with van der Waals surface area (Å²) in [5, 5.41) is 11.5. The summed E-state index contributed by atoms with van der Waals surface area (Å²) in [5.74, 6) is -1.60. The van der Waals surface area contributed by atoms with E-state index in [-0.39, 0.29) is 11.3 Å². The number of hydrogen-bond acceptors (Lipinski definition) is 5. The van der Waals surface area contributed by atoms with Crippen LogP contribution < -0.4 is 4.90 Å². The largest absolute Gasteiger partial charge is 0.507 e. The van der Waals surface area contributed by atoms with E-state index in [1.165, 1.54) is 16.2 Å². The maximum absolute atomic E-state index is 13.1. The number of ketones is 1. The molecular weight excluding hydrogens is 464 g/mol. The maximum atomic E-state index is 13.1. The molecule has 0 aliphatic carbocycles. The second-order valence-corrected chi connectivity index (χ2v) is 9.33. The van der Waals surface area contributed by atoms with Crippen molar-refractivity contribution in [2.75, 3.05) is 4.90 Å². The number of aliphatic hydroxyl groups is 1. The molecule has 1 fully saturated rings. The molecular formula is C23H19BrN2O3S. The summed E-state index contributed by atoms with van der Waals surface area (Å²) < 4.78 is 0.812. The van der Waals surface area contributed by atoms with E-state index in [1.54, 1.807) is 12.1 Å². The first-order valence-electron chi connectivity index (χ1n) is 9.35. The van der Waals surface area contributed by atoms with Gasteiger partial charge < -0.3 is 5.11 Å². The molecule has 3 aromatic rings. The van der Waals surface area contributed by atoms with Crippen LogP contribution in [0.15, 0.2) is 58.6 Å². The summed E-state index contributed by atoms with van der Waals surface area (Å²) in [5.41, 5.74) is 3.10. The highest BCUT2D eigenvalue weighted by Gasteiger charge is 2.48. The molecule has 2 aromatic carbocycles. The van der Waals surface area contributed by atoms with E-state index in [2.05, 4.69) is 20.9 Å². The van der Waals surface area contributed by atoms with E-state index in [1.807, 2.05) is 57.2 Å². The van der Waals surface area contributed by atoms with E-state index >= 15 is 0 Å². The van der Waals surface area contributed by atoms with Crippen LogP contribution in [-0.2, 0) is 9.59 Å². The molecule has 1 aliphatic rings. The molecule has 1 aromatic heterocycles. The highest BCUT2D eigenvalue weighted by molar-refractivity contribution is 9.10. The number of amides is 1. The molecule has 1 amide bonds. The lowest BCUT2D eigenvalue weighted by molar-refractivity contribution is -0.132. The number of aromatic nitrogens is 1. The molecule has 5 nitrogen and oxygen atoms in total. The van der Waals surface area contributed by atoms with Gasteiger partial charge >= 0.3 is 5.91 Å². The standard InChI is InChI=1S/C23H19BrN2O3S/c1-12-7-9-15(10-8-12)20(27)18-19(16-5-4-6-17(24)11-16)26(22(29)21(18)28)23-25-13(2)14(3)30-23/h4-11,19,27H,1-3H3/b20-18+. The fourth-order valence-electron chi connectivity index (χ4n) is 3.45. The van der Waals surface area contributed by atoms with E-state index in [4.69, 9.17) is 0 Å². The molecule has 1 atom stereocenters. The second-order valence-electron chi connectivity index (χ2n) is 7.23. The van der Waals surface area contributed by atoms with Gasteiger partial charge in [0.05, 0.1) is 17.3 Å². The zero-order valence-corrected chi connectivity index (χ0v) is 19.0. The van der Waals surface area contributed by atoms with Crippen molar-refractivity contribution in [2.24, 2.45) is 0 Å². The fraction of sp³-hybridized carbons (Fsp3) is 0.174. The predicted molar refractivity (Wildman–Crippen MR) is 122 cm³/mol. The van der Waals surface area contributed by atoms with E-state index in [0.717, 1.165) is 20.6 Å². The molecule has 0 saturated carbocycles. The Hall–Kier alpha value is -2.77. The zero-order valence-electron chi connectivity index (χ0n) is 16.6. The number of aryl methyl sites for hydroxylation is 3. The van der Waals surface area contributed by atoms with E-state index in [9.17, 15) is 14.7 Å². The monoisotopic (exact) mass is 482 g/mol. The van der Waals surface area contributed by atoms with Crippen LogP contribution in [0, 0.1) is 20.8 Å². The van der Waals surface area contributed by atoms with Gasteiger partial charge in [-0.2, -0.15) is 0 Å². The average molecular weight is 483 g/mol. The normalized spacial score (nSPS) is 18.3. The number of thiazole rings is 1. The van der Waals surface area contributed by atoms with Crippen molar-refractivity contribution in [3.63, 3.8) is 0 Å². The number of aliphatic hydroxyl groups excluding tert-OH is 1. The van der Waals surface area contributed by atoms with Crippen LogP contribution in [0.5, 0.6) is 0 Å². The van der Waals surface area contributed by atoms with Crippen LogP contribution in [0.3, 0.4) is 0 Å². The first-order valence-corrected chi connectivity index (χ1v) is 11.0. The van der Waals surface area contributed by atoms with E-state index < -0.39 is 17.7 Å². The third kappa shape index (κ3) is 3.48. The molecule has 30 heavy (non-hydrogen) atoms. The Kier molecular flexibility index (Phi) is 5.34. The third-order valence-electron chi connectivity index (χ3n) is 5.16. The molecule has 1 saturated heterocycles. The van der Waals surface area contributed by atoms with Crippen molar-refractivity contribution in [3.05, 3.63) is 85.8 Å². The van der Waals surface area contributed by atoms with Gasteiger partial charge in [0, 0.05) is 14.9 Å². The van der Waals surface area contributed by atoms with Crippen molar-refractivity contribution in [2.45, 2.75) is 26.8 Å². The lowest BCUT2D eigenvalue weighted by Gasteiger charge is -2.23. The summed E-state index contributed by atoms with van der Waals surface area (Å²) in [4.78, 5) is 33.0. The van der Waals surface area contributed by atoms with Crippen LogP contribution in [0.25, 0.3) is 5.76 Å². The van der Waals surface area contributed by atoms with Crippen molar-refractivity contribution < 1.29 is 14.7 Å². The van der Waals surface area contributed by atoms with Gasteiger partial charge in [-0.25, -0.2) is 4.98 Å². The predicted octanol–water partition coefficient (Wildman–Crippen LogP) is 5.46. The SMILES string of the molecule is Cc1ccc(/C(O)=C2\C(=O)C(=O)N(c3nc(C)c(C)s3)C2c2cccc(Br)c2)cc1. The number of halogens is 1. The molecule has 4 rings (SSSR count). The number of rotatable bonds is 3. The molecule has 0 radical (unpaired) electrons. The molecule has 152 valence electrons. The van der Waals surface area contributed by atoms with Gasteiger partial charge in [0.15, 0.2) is 5.13 Å². The molecule has 2 heterocycles. The molecule has 0 bridgehead atoms. The Bertz CT molecular complexity index is 1180. The van der Waals surface area contributed by atoms with Crippen LogP contribution in [-0.4, -0.2) is 21.8 Å². The minimum Gasteiger partial charge on any atom is -0.507 e. The first kappa shape index (κ1) is 20.5. The summed E-state index contributed by atoms with van der Waals surface area (Å²) >= 11 is 4.82. The molecule has 1 unspecified atom stereocenters. The van der Waals surface area contributed by atoms with Crippen molar-refractivity contribution in [1.82, 2.24) is 4.98 Å².